The molecule has 0 aromatic heterocycles. The Morgan fingerprint density at radius 2 is 1.43 bits per heavy atom. The van der Waals surface area contributed by atoms with Crippen molar-refractivity contribution in [3.63, 3.8) is 0 Å². The normalized spacial score (nSPS) is 60.2. The Kier molecular flexibility index (Phi) is 4.87. The maximum absolute atomic E-state index is 11.9. The minimum atomic E-state index is -0.513. The molecule has 0 spiro atoms. The predicted molar refractivity (Wildman–Crippen MR) is 140 cm³/mol. The molecule has 0 aromatic carbocycles. The highest BCUT2D eigenvalue weighted by molar-refractivity contribution is 5.66. The van der Waals surface area contributed by atoms with Crippen molar-refractivity contribution in [2.75, 3.05) is 0 Å². The average molecular weight is 485 g/mol. The number of hydrogen-bond acceptors (Lipinski definition) is 3. The summed E-state index contributed by atoms with van der Waals surface area (Å²) in [6.45, 7) is 18.9. The van der Waals surface area contributed by atoms with Crippen LogP contribution >= 0.6 is 0 Å². The van der Waals surface area contributed by atoms with Crippen LogP contribution in [-0.4, -0.2) is 22.8 Å². The summed E-state index contributed by atoms with van der Waals surface area (Å²) in [4.78, 5) is 11.9. The van der Waals surface area contributed by atoms with Crippen LogP contribution in [-0.2, 0) is 9.53 Å². The Balaban J connectivity index is 1.37. The number of rotatable bonds is 1. The van der Waals surface area contributed by atoms with E-state index >= 15 is 0 Å². The van der Waals surface area contributed by atoms with Crippen LogP contribution in [0.2, 0.25) is 0 Å². The van der Waals surface area contributed by atoms with Gasteiger partial charge in [0, 0.05) is 12.3 Å². The molecule has 6 fully saturated rings. The number of aliphatic hydroxyl groups is 1. The Labute approximate surface area is 214 Å². The lowest BCUT2D eigenvalue weighted by Gasteiger charge is -2.70. The second-order valence-electron chi connectivity index (χ2n) is 16.2. The minimum absolute atomic E-state index is 0.0433. The van der Waals surface area contributed by atoms with E-state index in [9.17, 15) is 9.90 Å². The molecule has 198 valence electrons. The number of ether oxygens (including phenoxy) is 1. The molecule has 0 amide bonds. The number of esters is 1. The van der Waals surface area contributed by atoms with Crippen molar-refractivity contribution in [2.45, 2.75) is 138 Å². The monoisotopic (exact) mass is 484 g/mol. The van der Waals surface area contributed by atoms with Gasteiger partial charge in [-0.1, -0.05) is 41.5 Å². The second kappa shape index (κ2) is 6.89. The van der Waals surface area contributed by atoms with Gasteiger partial charge in [0.15, 0.2) is 0 Å². The lowest BCUT2D eigenvalue weighted by molar-refractivity contribution is -0.232. The van der Waals surface area contributed by atoms with Gasteiger partial charge in [-0.25, -0.2) is 0 Å². The largest absolute Gasteiger partial charge is 0.462 e. The Morgan fingerprint density at radius 1 is 0.800 bits per heavy atom. The Morgan fingerprint density at radius 3 is 2.11 bits per heavy atom. The molecule has 6 rings (SSSR count). The van der Waals surface area contributed by atoms with Crippen LogP contribution in [0.15, 0.2) is 0 Å². The van der Waals surface area contributed by atoms with E-state index in [4.69, 9.17) is 4.74 Å². The molecule has 0 aliphatic heterocycles. The molecule has 0 radical (unpaired) electrons. The van der Waals surface area contributed by atoms with Crippen LogP contribution in [0.4, 0.5) is 0 Å². The van der Waals surface area contributed by atoms with Crippen LogP contribution in [0.1, 0.15) is 126 Å². The van der Waals surface area contributed by atoms with Gasteiger partial charge in [0.1, 0.15) is 6.10 Å². The first kappa shape index (κ1) is 24.7. The molecule has 6 aliphatic rings. The van der Waals surface area contributed by atoms with Gasteiger partial charge in [0.05, 0.1) is 5.60 Å². The molecule has 0 bridgehead atoms. The zero-order valence-corrected chi connectivity index (χ0v) is 23.9. The number of fused-ring (bicyclic) bond motifs is 4. The van der Waals surface area contributed by atoms with E-state index in [1.54, 1.807) is 6.92 Å². The van der Waals surface area contributed by atoms with E-state index in [0.29, 0.717) is 44.8 Å². The first-order valence-electron chi connectivity index (χ1n) is 15.0. The molecule has 11 atom stereocenters. The molecule has 3 heteroatoms. The average Bonchev–Trinajstić information content (AvgIpc) is 3.47. The lowest BCUT2D eigenvalue weighted by Crippen LogP contribution is -2.64. The summed E-state index contributed by atoms with van der Waals surface area (Å²) in [5, 5.41) is 11.4. The zero-order valence-electron chi connectivity index (χ0n) is 23.9. The lowest BCUT2D eigenvalue weighted by atomic mass is 9.35. The summed E-state index contributed by atoms with van der Waals surface area (Å²) >= 11 is 0. The van der Waals surface area contributed by atoms with Gasteiger partial charge in [0.25, 0.3) is 0 Å². The first-order valence-corrected chi connectivity index (χ1v) is 15.0. The fourth-order valence-electron chi connectivity index (χ4n) is 13.0. The summed E-state index contributed by atoms with van der Waals surface area (Å²) < 4.78 is 5.93. The van der Waals surface area contributed by atoms with Crippen molar-refractivity contribution < 1.29 is 14.6 Å². The van der Waals surface area contributed by atoms with E-state index in [2.05, 4.69) is 48.5 Å². The molecule has 0 heterocycles. The fraction of sp³-hybridized carbons (Fsp3) is 0.969. The molecule has 6 saturated carbocycles. The molecular weight excluding hydrogens is 432 g/mol. The SMILES string of the molecule is CC(=O)OC1CCC2(C)C(CCC34CC23CCC2C3C(C)C(C)(O)CCC3(C)CCC24C)C1(C)C. The van der Waals surface area contributed by atoms with Crippen molar-refractivity contribution in [3.05, 3.63) is 0 Å². The van der Waals surface area contributed by atoms with Crippen LogP contribution in [0.25, 0.3) is 0 Å². The number of carbonyl (C=O) groups is 1. The molecule has 6 aliphatic carbocycles. The van der Waals surface area contributed by atoms with E-state index in [-0.39, 0.29) is 17.5 Å². The molecular formula is C32H52O3. The van der Waals surface area contributed by atoms with Crippen molar-refractivity contribution in [2.24, 2.45) is 56.2 Å². The van der Waals surface area contributed by atoms with E-state index in [1.165, 1.54) is 57.8 Å². The van der Waals surface area contributed by atoms with Gasteiger partial charge in [-0.05, 0) is 128 Å². The fourth-order valence-corrected chi connectivity index (χ4v) is 13.0. The summed E-state index contributed by atoms with van der Waals surface area (Å²) in [5.74, 6) is 2.31. The van der Waals surface area contributed by atoms with Gasteiger partial charge in [-0.3, -0.25) is 4.79 Å². The van der Waals surface area contributed by atoms with Gasteiger partial charge < -0.3 is 9.84 Å². The standard InChI is InChI=1S/C32H52O3/c1-20-25-22-9-13-32-19-31(32,28(22,6)17-15-27(25,5)16-18-30(20,8)34)14-10-23-26(3,4)24(35-21(2)33)11-12-29(23,32)7/h20,22-25,34H,9-19H2,1-8H3. The topological polar surface area (TPSA) is 46.5 Å². The van der Waals surface area contributed by atoms with Crippen molar-refractivity contribution >= 4 is 5.97 Å². The number of hydrogen-bond donors (Lipinski definition) is 1. The molecule has 1 N–H and O–H groups in total. The van der Waals surface area contributed by atoms with Crippen molar-refractivity contribution in [1.82, 2.24) is 0 Å². The molecule has 0 aromatic rings. The van der Waals surface area contributed by atoms with Crippen molar-refractivity contribution in [3.8, 4) is 0 Å². The van der Waals surface area contributed by atoms with Crippen LogP contribution in [0.3, 0.4) is 0 Å². The zero-order chi connectivity index (χ0) is 25.4. The third-order valence-corrected chi connectivity index (χ3v) is 15.0. The smallest absolute Gasteiger partial charge is 0.302 e. The summed E-state index contributed by atoms with van der Waals surface area (Å²) in [7, 11) is 0. The molecule has 35 heavy (non-hydrogen) atoms. The van der Waals surface area contributed by atoms with Gasteiger partial charge in [-0.15, -0.1) is 0 Å². The Hall–Kier alpha value is -0.570. The van der Waals surface area contributed by atoms with Crippen LogP contribution in [0.5, 0.6) is 0 Å². The predicted octanol–water partition coefficient (Wildman–Crippen LogP) is 7.54. The van der Waals surface area contributed by atoms with E-state index in [0.717, 1.165) is 18.8 Å². The van der Waals surface area contributed by atoms with Gasteiger partial charge >= 0.3 is 5.97 Å². The van der Waals surface area contributed by atoms with Crippen LogP contribution in [0, 0.1) is 56.2 Å². The highest BCUT2D eigenvalue weighted by Gasteiger charge is 2.86. The molecule has 11 unspecified atom stereocenters. The highest BCUT2D eigenvalue weighted by Crippen LogP contribution is 2.92. The molecule has 3 nitrogen and oxygen atoms in total. The summed E-state index contributed by atoms with van der Waals surface area (Å²) in [5.41, 5.74) is 1.65. The number of carbonyl (C=O) groups excluding carboxylic acids is 1. The quantitative estimate of drug-likeness (QED) is 0.391. The summed E-state index contributed by atoms with van der Waals surface area (Å²) in [6.07, 6.45) is 14.0. The third kappa shape index (κ3) is 2.71. The Bertz CT molecular complexity index is 937. The third-order valence-electron chi connectivity index (χ3n) is 15.0. The van der Waals surface area contributed by atoms with Gasteiger partial charge in [-0.2, -0.15) is 0 Å². The van der Waals surface area contributed by atoms with E-state index in [1.807, 2.05) is 0 Å². The maximum Gasteiger partial charge on any atom is 0.302 e. The van der Waals surface area contributed by atoms with E-state index < -0.39 is 5.60 Å². The van der Waals surface area contributed by atoms with Crippen LogP contribution < -0.4 is 0 Å². The molecule has 0 saturated heterocycles. The van der Waals surface area contributed by atoms with Crippen molar-refractivity contribution in [1.29, 1.82) is 0 Å². The summed E-state index contributed by atoms with van der Waals surface area (Å²) in [6, 6.07) is 0. The minimum Gasteiger partial charge on any atom is -0.462 e. The second-order valence-corrected chi connectivity index (χ2v) is 16.2. The highest BCUT2D eigenvalue weighted by atomic mass is 16.5. The first-order chi connectivity index (χ1) is 16.1. The maximum atomic E-state index is 11.9. The van der Waals surface area contributed by atoms with Gasteiger partial charge in [0.2, 0.25) is 0 Å².